The van der Waals surface area contributed by atoms with Crippen LogP contribution in [0.15, 0.2) is 71.8 Å². The highest BCUT2D eigenvalue weighted by Gasteiger charge is 2.50. The summed E-state index contributed by atoms with van der Waals surface area (Å²) in [6.07, 6.45) is 10.0. The molecule has 0 heterocycles. The van der Waals surface area contributed by atoms with Gasteiger partial charge in [-0.3, -0.25) is 0 Å². The molecule has 4 unspecified atom stereocenters. The van der Waals surface area contributed by atoms with E-state index < -0.39 is 23.8 Å². The number of hydrogen-bond donors (Lipinski definition) is 2. The third-order valence-corrected chi connectivity index (χ3v) is 7.02. The molecule has 0 amide bonds. The molecule has 2 aromatic rings. The molecule has 0 aliphatic heterocycles. The Morgan fingerprint density at radius 1 is 0.730 bits per heavy atom. The normalized spacial score (nSPS) is 22.8. The lowest BCUT2D eigenvalue weighted by molar-refractivity contribution is -0.135. The Morgan fingerprint density at radius 2 is 1.11 bits per heavy atom. The van der Waals surface area contributed by atoms with Crippen molar-refractivity contribution in [2.45, 2.75) is 33.1 Å². The maximum Gasteiger partial charge on any atom is 0.331 e. The second kappa shape index (κ2) is 12.0. The van der Waals surface area contributed by atoms with E-state index in [2.05, 4.69) is 0 Å². The molecule has 2 aliphatic rings. The highest BCUT2D eigenvalue weighted by Crippen LogP contribution is 2.54. The van der Waals surface area contributed by atoms with Gasteiger partial charge in [0.2, 0.25) is 0 Å². The van der Waals surface area contributed by atoms with Gasteiger partial charge in [0.1, 0.15) is 11.5 Å². The van der Waals surface area contributed by atoms with Gasteiger partial charge in [0.05, 0.1) is 13.2 Å². The Morgan fingerprint density at radius 3 is 1.43 bits per heavy atom. The molecule has 0 radical (unpaired) electrons. The fraction of sp³-hybridized carbons (Fsp3) is 0.355. The van der Waals surface area contributed by atoms with E-state index in [1.165, 1.54) is 0 Å². The molecule has 2 aliphatic carbocycles. The first kappa shape index (κ1) is 26.3. The first-order chi connectivity index (χ1) is 17.9. The fourth-order valence-electron chi connectivity index (χ4n) is 5.39. The Hall–Kier alpha value is -3.80. The molecule has 2 bridgehead atoms. The van der Waals surface area contributed by atoms with Crippen molar-refractivity contribution < 1.29 is 29.3 Å². The second-order valence-electron chi connectivity index (χ2n) is 9.64. The van der Waals surface area contributed by atoms with Gasteiger partial charge in [0.15, 0.2) is 0 Å². The van der Waals surface area contributed by atoms with Gasteiger partial charge in [0, 0.05) is 23.0 Å². The summed E-state index contributed by atoms with van der Waals surface area (Å²) in [5.41, 5.74) is 1.96. The largest absolute Gasteiger partial charge is 0.494 e. The molecule has 2 N–H and O–H groups in total. The molecule has 1 saturated carbocycles. The van der Waals surface area contributed by atoms with E-state index in [4.69, 9.17) is 9.47 Å². The number of carboxylic acids is 2. The molecule has 0 spiro atoms. The second-order valence-corrected chi connectivity index (χ2v) is 9.64. The predicted molar refractivity (Wildman–Crippen MR) is 143 cm³/mol. The minimum absolute atomic E-state index is 0.0166. The molecule has 4 atom stereocenters. The average Bonchev–Trinajstić information content (AvgIpc) is 3.51. The van der Waals surface area contributed by atoms with Crippen LogP contribution in [0, 0.1) is 23.7 Å². The molecule has 6 nitrogen and oxygen atoms in total. The smallest absolute Gasteiger partial charge is 0.331 e. The monoisotopic (exact) mass is 502 g/mol. The van der Waals surface area contributed by atoms with Gasteiger partial charge in [-0.2, -0.15) is 0 Å². The molecule has 0 aromatic heterocycles. The Bertz CT molecular complexity index is 1100. The first-order valence-electron chi connectivity index (χ1n) is 12.9. The first-order valence-corrected chi connectivity index (χ1v) is 12.9. The van der Waals surface area contributed by atoms with E-state index in [9.17, 15) is 19.8 Å². The number of ether oxygens (including phenoxy) is 2. The number of hydrogen-bond acceptors (Lipinski definition) is 4. The van der Waals surface area contributed by atoms with Crippen molar-refractivity contribution in [2.75, 3.05) is 13.2 Å². The van der Waals surface area contributed by atoms with Crippen LogP contribution in [0.25, 0.3) is 12.2 Å². The third kappa shape index (κ3) is 6.13. The molecule has 2 aromatic carbocycles. The quantitative estimate of drug-likeness (QED) is 0.260. The lowest BCUT2D eigenvalue weighted by Gasteiger charge is -2.29. The van der Waals surface area contributed by atoms with E-state index in [-0.39, 0.29) is 23.0 Å². The van der Waals surface area contributed by atoms with Crippen molar-refractivity contribution in [3.8, 4) is 11.5 Å². The average molecular weight is 503 g/mol. The molecule has 194 valence electrons. The minimum Gasteiger partial charge on any atom is -0.494 e. The highest BCUT2D eigenvalue weighted by molar-refractivity contribution is 5.96. The zero-order chi connectivity index (χ0) is 26.4. The van der Waals surface area contributed by atoms with Gasteiger partial charge in [-0.25, -0.2) is 9.59 Å². The van der Waals surface area contributed by atoms with Crippen LogP contribution >= 0.6 is 0 Å². The van der Waals surface area contributed by atoms with Crippen molar-refractivity contribution in [2.24, 2.45) is 23.7 Å². The van der Waals surface area contributed by atoms with Crippen molar-refractivity contribution in [1.29, 1.82) is 0 Å². The van der Waals surface area contributed by atoms with Crippen LogP contribution in [0.4, 0.5) is 0 Å². The number of allylic oxidation sites excluding steroid dienone is 2. The summed E-state index contributed by atoms with van der Waals surface area (Å²) < 4.78 is 11.3. The van der Waals surface area contributed by atoms with Crippen LogP contribution < -0.4 is 9.47 Å². The maximum atomic E-state index is 12.5. The Balaban J connectivity index is 1.66. The number of aliphatic carboxylic acids is 2. The van der Waals surface area contributed by atoms with Crippen LogP contribution in [-0.4, -0.2) is 35.4 Å². The third-order valence-electron chi connectivity index (χ3n) is 7.02. The van der Waals surface area contributed by atoms with E-state index in [1.54, 1.807) is 12.2 Å². The zero-order valence-electron chi connectivity index (χ0n) is 21.3. The zero-order valence-corrected chi connectivity index (χ0v) is 21.3. The van der Waals surface area contributed by atoms with Gasteiger partial charge < -0.3 is 19.7 Å². The van der Waals surface area contributed by atoms with E-state index >= 15 is 0 Å². The van der Waals surface area contributed by atoms with Gasteiger partial charge in [0.25, 0.3) is 0 Å². The van der Waals surface area contributed by atoms with Gasteiger partial charge >= 0.3 is 11.9 Å². The Labute approximate surface area is 217 Å². The lowest BCUT2D eigenvalue weighted by atomic mass is 9.73. The SMILES string of the molecule is CCCOc1ccc(C=C(C(=O)O)C2C3C=CC(C3)C2C(=Cc2ccc(OCCC)cc2)C(=O)O)cc1. The standard InChI is InChI=1S/C31H34O6/c1-3-15-36-24-11-5-20(6-12-24)17-26(30(32)33)28-22-9-10-23(19-22)29(28)27(31(34)35)18-21-7-13-25(14-8-21)37-16-4-2/h5-14,17-18,22-23,28-29H,3-4,15-16,19H2,1-2H3,(H,32,33)(H,34,35). The van der Waals surface area contributed by atoms with Crippen LogP contribution in [0.5, 0.6) is 11.5 Å². The maximum absolute atomic E-state index is 12.5. The summed E-state index contributed by atoms with van der Waals surface area (Å²) in [6, 6.07) is 14.7. The van der Waals surface area contributed by atoms with Crippen LogP contribution in [0.1, 0.15) is 44.2 Å². The van der Waals surface area contributed by atoms with Crippen molar-refractivity contribution in [3.63, 3.8) is 0 Å². The highest BCUT2D eigenvalue weighted by atomic mass is 16.5. The molecule has 4 rings (SSSR count). The summed E-state index contributed by atoms with van der Waals surface area (Å²) in [5.74, 6) is -1.48. The number of rotatable bonds is 12. The summed E-state index contributed by atoms with van der Waals surface area (Å²) in [6.45, 7) is 5.31. The lowest BCUT2D eigenvalue weighted by Crippen LogP contribution is -2.29. The van der Waals surface area contributed by atoms with Crippen molar-refractivity contribution in [1.82, 2.24) is 0 Å². The topological polar surface area (TPSA) is 93.1 Å². The van der Waals surface area contributed by atoms with Gasteiger partial charge in [-0.05, 0) is 78.6 Å². The minimum atomic E-state index is -1.02. The van der Waals surface area contributed by atoms with Gasteiger partial charge in [-0.1, -0.05) is 50.3 Å². The van der Waals surface area contributed by atoms with E-state index in [0.29, 0.717) is 13.2 Å². The Kier molecular flexibility index (Phi) is 8.49. The van der Waals surface area contributed by atoms with Crippen LogP contribution in [0.2, 0.25) is 0 Å². The van der Waals surface area contributed by atoms with Crippen LogP contribution in [0.3, 0.4) is 0 Å². The molecule has 1 fully saturated rings. The number of fused-ring (bicyclic) bond motifs is 2. The van der Waals surface area contributed by atoms with E-state index in [1.807, 2.05) is 74.5 Å². The number of benzene rings is 2. The molecular formula is C31H34O6. The van der Waals surface area contributed by atoms with Crippen molar-refractivity contribution >= 4 is 24.1 Å². The fourth-order valence-corrected chi connectivity index (χ4v) is 5.39. The molecular weight excluding hydrogens is 468 g/mol. The predicted octanol–water partition coefficient (Wildman–Crippen LogP) is 6.34. The summed E-state index contributed by atoms with van der Waals surface area (Å²) in [5, 5.41) is 20.5. The molecule has 37 heavy (non-hydrogen) atoms. The summed E-state index contributed by atoms with van der Waals surface area (Å²) >= 11 is 0. The van der Waals surface area contributed by atoms with Gasteiger partial charge in [-0.15, -0.1) is 0 Å². The van der Waals surface area contributed by atoms with E-state index in [0.717, 1.165) is 41.9 Å². The van der Waals surface area contributed by atoms with Crippen LogP contribution in [-0.2, 0) is 9.59 Å². The molecule has 6 heteroatoms. The van der Waals surface area contributed by atoms with Crippen molar-refractivity contribution in [3.05, 3.63) is 83.0 Å². The molecule has 0 saturated heterocycles. The summed E-state index contributed by atoms with van der Waals surface area (Å²) in [4.78, 5) is 25.0. The number of carboxylic acid groups (broad SMARTS) is 2. The summed E-state index contributed by atoms with van der Waals surface area (Å²) in [7, 11) is 0. The number of carbonyl (C=O) groups is 2.